The van der Waals surface area contributed by atoms with E-state index >= 15 is 0 Å². The molecule has 0 radical (unpaired) electrons. The van der Waals surface area contributed by atoms with Gasteiger partial charge in [-0.3, -0.25) is 4.79 Å². The lowest BCUT2D eigenvalue weighted by Gasteiger charge is -2.12. The number of nitrogens with one attached hydrogen (secondary N) is 1. The summed E-state index contributed by atoms with van der Waals surface area (Å²) in [6.07, 6.45) is 0.475. The van der Waals surface area contributed by atoms with E-state index in [4.69, 9.17) is 0 Å². The van der Waals surface area contributed by atoms with Gasteiger partial charge in [-0.15, -0.1) is 0 Å². The number of nitrogens with zero attached hydrogens (tertiary/aromatic N) is 1. The van der Waals surface area contributed by atoms with Crippen LogP contribution in [0.25, 0.3) is 0 Å². The molecule has 0 aliphatic carbocycles. The van der Waals surface area contributed by atoms with E-state index in [0.29, 0.717) is 12.1 Å². The Bertz CT molecular complexity index is 790. The summed E-state index contributed by atoms with van der Waals surface area (Å²) in [5.74, 6) is -0.645. The summed E-state index contributed by atoms with van der Waals surface area (Å²) in [4.78, 5) is 12.2. The second kappa shape index (κ2) is 8.58. The monoisotopic (exact) mass is 358 g/mol. The van der Waals surface area contributed by atoms with Gasteiger partial charge in [0.15, 0.2) is 9.84 Å². The topological polar surface area (TPSA) is 75.6 Å². The highest BCUT2D eigenvalue weighted by Gasteiger charge is 2.27. The molecule has 2 aromatic carbocycles. The van der Waals surface area contributed by atoms with Crippen molar-refractivity contribution in [2.24, 2.45) is 5.10 Å². The Morgan fingerprint density at radius 2 is 1.48 bits per heavy atom. The number of carbonyl (C=O) groups excluding carboxylic acids is 1. The van der Waals surface area contributed by atoms with Gasteiger partial charge < -0.3 is 0 Å². The van der Waals surface area contributed by atoms with E-state index in [9.17, 15) is 13.2 Å². The molecular formula is C19H22N2O3S. The molecule has 6 heteroatoms. The van der Waals surface area contributed by atoms with Crippen LogP contribution < -0.4 is 5.43 Å². The largest absolute Gasteiger partial charge is 0.272 e. The Hall–Kier alpha value is -2.47. The first kappa shape index (κ1) is 18.9. The van der Waals surface area contributed by atoms with Crippen LogP contribution in [-0.4, -0.2) is 31.0 Å². The lowest BCUT2D eigenvalue weighted by molar-refractivity contribution is -0.120. The zero-order chi connectivity index (χ0) is 18.3. The van der Waals surface area contributed by atoms with Crippen molar-refractivity contribution in [2.45, 2.75) is 25.5 Å². The van der Waals surface area contributed by atoms with Gasteiger partial charge in [-0.2, -0.15) is 5.10 Å². The van der Waals surface area contributed by atoms with Gasteiger partial charge in [0.1, 0.15) is 5.25 Å². The van der Waals surface area contributed by atoms with Crippen LogP contribution in [-0.2, 0) is 14.6 Å². The van der Waals surface area contributed by atoms with Gasteiger partial charge in [0.05, 0.1) is 11.5 Å². The molecule has 0 saturated carbocycles. The van der Waals surface area contributed by atoms with Crippen molar-refractivity contribution in [1.82, 2.24) is 5.43 Å². The fraction of sp³-hybridized carbons (Fsp3) is 0.263. The maximum Gasteiger partial charge on any atom is 0.258 e. The van der Waals surface area contributed by atoms with Crippen molar-refractivity contribution in [3.05, 3.63) is 71.8 Å². The summed E-state index contributed by atoms with van der Waals surface area (Å²) in [7, 11) is -3.47. The predicted octanol–water partition coefficient (Wildman–Crippen LogP) is 2.77. The number of hydrogen-bond donors (Lipinski definition) is 1. The van der Waals surface area contributed by atoms with E-state index in [2.05, 4.69) is 10.5 Å². The van der Waals surface area contributed by atoms with Crippen LogP contribution in [0.4, 0.5) is 0 Å². The molecule has 25 heavy (non-hydrogen) atoms. The van der Waals surface area contributed by atoms with Gasteiger partial charge in [0.25, 0.3) is 5.91 Å². The normalized spacial score (nSPS) is 12.2. The average Bonchev–Trinajstić information content (AvgIpc) is 2.63. The van der Waals surface area contributed by atoms with Crippen molar-refractivity contribution in [1.29, 1.82) is 0 Å². The van der Waals surface area contributed by atoms with Gasteiger partial charge >= 0.3 is 0 Å². The summed E-state index contributed by atoms with van der Waals surface area (Å²) in [6, 6.07) is 18.8. The molecule has 0 aliphatic heterocycles. The molecular weight excluding hydrogens is 336 g/mol. The molecule has 2 aromatic rings. The Balaban J connectivity index is 2.29. The summed E-state index contributed by atoms with van der Waals surface area (Å²) in [5.41, 5.74) is 4.66. The Morgan fingerprint density at radius 3 is 1.92 bits per heavy atom. The Labute approximate surface area is 148 Å². The van der Waals surface area contributed by atoms with E-state index in [-0.39, 0.29) is 5.75 Å². The van der Waals surface area contributed by atoms with Crippen LogP contribution in [0.2, 0.25) is 0 Å². The van der Waals surface area contributed by atoms with Crippen molar-refractivity contribution in [3.8, 4) is 0 Å². The molecule has 0 aromatic heterocycles. The molecule has 132 valence electrons. The van der Waals surface area contributed by atoms with Gasteiger partial charge in [-0.25, -0.2) is 13.8 Å². The van der Waals surface area contributed by atoms with E-state index in [1.807, 2.05) is 60.7 Å². The molecule has 1 unspecified atom stereocenters. The molecule has 0 fully saturated rings. The minimum absolute atomic E-state index is 0.0183. The van der Waals surface area contributed by atoms with Crippen molar-refractivity contribution >= 4 is 21.5 Å². The predicted molar refractivity (Wildman–Crippen MR) is 100 cm³/mol. The molecule has 5 nitrogen and oxygen atoms in total. The Kier molecular flexibility index (Phi) is 6.47. The molecule has 1 atom stereocenters. The highest BCUT2D eigenvalue weighted by atomic mass is 32.2. The number of sulfone groups is 1. The molecule has 0 heterocycles. The van der Waals surface area contributed by atoms with Crippen LogP contribution in [0, 0.1) is 0 Å². The minimum atomic E-state index is -3.47. The van der Waals surface area contributed by atoms with Crippen LogP contribution in [0.5, 0.6) is 0 Å². The molecule has 0 bridgehead atoms. The summed E-state index contributed by atoms with van der Waals surface area (Å²) in [6.45, 7) is 3.16. The quantitative estimate of drug-likeness (QED) is 0.611. The number of hydrazone groups is 1. The summed E-state index contributed by atoms with van der Waals surface area (Å²) >= 11 is 0. The first-order valence-corrected chi connectivity index (χ1v) is 9.87. The van der Waals surface area contributed by atoms with Crippen LogP contribution >= 0.6 is 0 Å². The molecule has 0 spiro atoms. The number of rotatable bonds is 7. The lowest BCUT2D eigenvalue weighted by atomic mass is 10.0. The third kappa shape index (κ3) is 5.00. The summed E-state index contributed by atoms with van der Waals surface area (Å²) in [5, 5.41) is 3.08. The van der Waals surface area contributed by atoms with Gasteiger partial charge in [0.2, 0.25) is 0 Å². The fourth-order valence-electron chi connectivity index (χ4n) is 2.31. The second-order valence-electron chi connectivity index (χ2n) is 5.68. The highest BCUT2D eigenvalue weighted by molar-refractivity contribution is 7.92. The van der Waals surface area contributed by atoms with Gasteiger partial charge in [-0.1, -0.05) is 67.6 Å². The molecule has 0 aliphatic rings. The van der Waals surface area contributed by atoms with E-state index in [1.165, 1.54) is 6.92 Å². The van der Waals surface area contributed by atoms with Gasteiger partial charge in [-0.05, 0) is 13.3 Å². The van der Waals surface area contributed by atoms with Crippen LogP contribution in [0.15, 0.2) is 65.8 Å². The van der Waals surface area contributed by atoms with Crippen molar-refractivity contribution < 1.29 is 13.2 Å². The number of carbonyl (C=O) groups is 1. The third-order valence-corrected chi connectivity index (χ3v) is 6.04. The molecule has 1 amide bonds. The SMILES string of the molecule is CCCS(=O)(=O)C(C)C(=O)NN=C(c1ccccc1)c1ccccc1. The van der Waals surface area contributed by atoms with Crippen molar-refractivity contribution in [3.63, 3.8) is 0 Å². The third-order valence-electron chi connectivity index (χ3n) is 3.77. The first-order chi connectivity index (χ1) is 12.0. The van der Waals surface area contributed by atoms with Gasteiger partial charge in [0, 0.05) is 11.1 Å². The standard InChI is InChI=1S/C19H22N2O3S/c1-3-14-25(23,24)15(2)19(22)21-20-18(16-10-6-4-7-11-16)17-12-8-5-9-13-17/h4-13,15H,3,14H2,1-2H3,(H,21,22). The molecule has 0 saturated heterocycles. The van der Waals surface area contributed by atoms with Crippen LogP contribution in [0.1, 0.15) is 31.4 Å². The maximum absolute atomic E-state index is 12.2. The zero-order valence-corrected chi connectivity index (χ0v) is 15.2. The lowest BCUT2D eigenvalue weighted by Crippen LogP contribution is -2.37. The molecule has 1 N–H and O–H groups in total. The number of hydrogen-bond acceptors (Lipinski definition) is 4. The van der Waals surface area contributed by atoms with Crippen LogP contribution in [0.3, 0.4) is 0 Å². The average molecular weight is 358 g/mol. The summed E-state index contributed by atoms with van der Waals surface area (Å²) < 4.78 is 24.1. The number of amides is 1. The highest BCUT2D eigenvalue weighted by Crippen LogP contribution is 2.11. The second-order valence-corrected chi connectivity index (χ2v) is 8.12. The number of benzene rings is 2. The first-order valence-electron chi connectivity index (χ1n) is 8.15. The minimum Gasteiger partial charge on any atom is -0.272 e. The van der Waals surface area contributed by atoms with E-state index in [1.54, 1.807) is 6.92 Å². The molecule has 2 rings (SSSR count). The smallest absolute Gasteiger partial charge is 0.258 e. The van der Waals surface area contributed by atoms with E-state index in [0.717, 1.165) is 11.1 Å². The van der Waals surface area contributed by atoms with Crippen molar-refractivity contribution in [2.75, 3.05) is 5.75 Å². The maximum atomic E-state index is 12.2. The Morgan fingerprint density at radius 1 is 1.00 bits per heavy atom. The fourth-order valence-corrected chi connectivity index (χ4v) is 3.62. The van der Waals surface area contributed by atoms with E-state index < -0.39 is 21.0 Å². The zero-order valence-electron chi connectivity index (χ0n) is 14.3.